The van der Waals surface area contributed by atoms with E-state index in [2.05, 4.69) is 10.0 Å². The highest BCUT2D eigenvalue weighted by Gasteiger charge is 2.38. The first-order valence-electron chi connectivity index (χ1n) is 7.14. The number of hydrogen-bond donors (Lipinski definition) is 2. The minimum absolute atomic E-state index is 0.00201. The molecule has 0 radical (unpaired) electrons. The Hall–Kier alpha value is -1.93. The maximum atomic E-state index is 12.5. The van der Waals surface area contributed by atoms with Crippen LogP contribution in [-0.2, 0) is 24.3 Å². The van der Waals surface area contributed by atoms with Crippen molar-refractivity contribution in [3.63, 3.8) is 0 Å². The quantitative estimate of drug-likeness (QED) is 0.734. The van der Waals surface area contributed by atoms with Crippen LogP contribution in [0.2, 0.25) is 0 Å². The molecular weight excluding hydrogens is 320 g/mol. The van der Waals surface area contributed by atoms with Gasteiger partial charge in [-0.05, 0) is 37.6 Å². The zero-order valence-electron chi connectivity index (χ0n) is 13.7. The number of rotatable bonds is 7. The zero-order valence-corrected chi connectivity index (χ0v) is 14.5. The standard InChI is InChI=1S/C15H22N2O5S/c1-5-10-15(3,14(19)22-4)17-23(20,21)13-8-6-12(7-9-13)16-11(2)18/h6-9,17H,5,10H2,1-4H3,(H,16,18)/t15-/m0/s1. The molecule has 0 bridgehead atoms. The smallest absolute Gasteiger partial charge is 0.326 e. The Bertz CT molecular complexity index is 670. The van der Waals surface area contributed by atoms with Gasteiger partial charge in [0.05, 0.1) is 12.0 Å². The van der Waals surface area contributed by atoms with Crippen LogP contribution in [0.3, 0.4) is 0 Å². The van der Waals surface area contributed by atoms with Gasteiger partial charge in [-0.25, -0.2) is 8.42 Å². The number of anilines is 1. The van der Waals surface area contributed by atoms with Gasteiger partial charge in [0.2, 0.25) is 15.9 Å². The van der Waals surface area contributed by atoms with Gasteiger partial charge in [-0.3, -0.25) is 9.59 Å². The van der Waals surface area contributed by atoms with Crippen LogP contribution in [0.4, 0.5) is 5.69 Å². The molecule has 0 aliphatic rings. The van der Waals surface area contributed by atoms with Crippen molar-refractivity contribution >= 4 is 27.6 Å². The van der Waals surface area contributed by atoms with E-state index in [0.29, 0.717) is 18.5 Å². The van der Waals surface area contributed by atoms with Crippen molar-refractivity contribution in [2.45, 2.75) is 44.0 Å². The second kappa shape index (κ2) is 7.56. The van der Waals surface area contributed by atoms with Crippen molar-refractivity contribution in [1.82, 2.24) is 4.72 Å². The monoisotopic (exact) mass is 342 g/mol. The van der Waals surface area contributed by atoms with Crippen LogP contribution in [0, 0.1) is 0 Å². The average Bonchev–Trinajstić information content (AvgIpc) is 2.46. The predicted molar refractivity (Wildman–Crippen MR) is 86.4 cm³/mol. The lowest BCUT2D eigenvalue weighted by molar-refractivity contribution is -0.147. The van der Waals surface area contributed by atoms with E-state index in [1.54, 1.807) is 0 Å². The molecule has 0 aromatic heterocycles. The lowest BCUT2D eigenvalue weighted by Gasteiger charge is -2.27. The second-order valence-electron chi connectivity index (χ2n) is 5.38. The summed E-state index contributed by atoms with van der Waals surface area (Å²) in [5, 5.41) is 2.55. The molecule has 0 saturated heterocycles. The summed E-state index contributed by atoms with van der Waals surface area (Å²) in [6.45, 7) is 4.70. The molecule has 8 heteroatoms. The highest BCUT2D eigenvalue weighted by Crippen LogP contribution is 2.20. The van der Waals surface area contributed by atoms with E-state index in [9.17, 15) is 18.0 Å². The van der Waals surface area contributed by atoms with Crippen LogP contribution in [0.1, 0.15) is 33.6 Å². The first kappa shape index (κ1) is 19.1. The van der Waals surface area contributed by atoms with Gasteiger partial charge in [-0.15, -0.1) is 0 Å². The first-order valence-corrected chi connectivity index (χ1v) is 8.63. The molecule has 0 fully saturated rings. The summed E-state index contributed by atoms with van der Waals surface area (Å²) in [4.78, 5) is 22.9. The molecule has 1 aromatic carbocycles. The van der Waals surface area contributed by atoms with Crippen LogP contribution < -0.4 is 10.0 Å². The third kappa shape index (κ3) is 5.04. The summed E-state index contributed by atoms with van der Waals surface area (Å²) in [5.74, 6) is -0.891. The van der Waals surface area contributed by atoms with Crippen molar-refractivity contribution in [3.05, 3.63) is 24.3 Å². The van der Waals surface area contributed by atoms with Gasteiger partial charge in [-0.1, -0.05) is 13.3 Å². The molecule has 128 valence electrons. The molecule has 1 atom stereocenters. The van der Waals surface area contributed by atoms with Crippen molar-refractivity contribution in [2.24, 2.45) is 0 Å². The number of hydrogen-bond acceptors (Lipinski definition) is 5. The van der Waals surface area contributed by atoms with Crippen LogP contribution in [0.5, 0.6) is 0 Å². The van der Waals surface area contributed by atoms with Gasteiger partial charge in [0.25, 0.3) is 0 Å². The highest BCUT2D eigenvalue weighted by atomic mass is 32.2. The third-order valence-corrected chi connectivity index (χ3v) is 4.84. The molecule has 1 rings (SSSR count). The zero-order chi connectivity index (χ0) is 17.7. The Kier molecular flexibility index (Phi) is 6.28. The molecule has 0 unspecified atom stereocenters. The minimum Gasteiger partial charge on any atom is -0.468 e. The van der Waals surface area contributed by atoms with Crippen LogP contribution in [-0.4, -0.2) is 32.9 Å². The number of esters is 1. The summed E-state index contributed by atoms with van der Waals surface area (Å²) >= 11 is 0. The molecular formula is C15H22N2O5S. The topological polar surface area (TPSA) is 102 Å². The van der Waals surface area contributed by atoms with Crippen molar-refractivity contribution < 1.29 is 22.7 Å². The molecule has 0 heterocycles. The highest BCUT2D eigenvalue weighted by molar-refractivity contribution is 7.89. The number of sulfonamides is 1. The fourth-order valence-electron chi connectivity index (χ4n) is 2.20. The molecule has 0 spiro atoms. The van der Waals surface area contributed by atoms with E-state index >= 15 is 0 Å². The normalized spacial score (nSPS) is 13.9. The van der Waals surface area contributed by atoms with E-state index in [-0.39, 0.29) is 10.8 Å². The SMILES string of the molecule is CCC[C@](C)(NS(=O)(=O)c1ccc(NC(C)=O)cc1)C(=O)OC. The minimum atomic E-state index is -3.90. The van der Waals surface area contributed by atoms with E-state index in [0.717, 1.165) is 0 Å². The Morgan fingerprint density at radius 3 is 2.22 bits per heavy atom. The summed E-state index contributed by atoms with van der Waals surface area (Å²) < 4.78 is 32.0. The van der Waals surface area contributed by atoms with Gasteiger partial charge in [0.15, 0.2) is 0 Å². The second-order valence-corrected chi connectivity index (χ2v) is 7.07. The van der Waals surface area contributed by atoms with E-state index < -0.39 is 21.5 Å². The van der Waals surface area contributed by atoms with Gasteiger partial charge < -0.3 is 10.1 Å². The summed E-state index contributed by atoms with van der Waals surface area (Å²) in [7, 11) is -2.69. The Balaban J connectivity index is 3.05. The van der Waals surface area contributed by atoms with Gasteiger partial charge in [-0.2, -0.15) is 4.72 Å². The third-order valence-electron chi connectivity index (χ3n) is 3.23. The molecule has 0 aliphatic carbocycles. The number of benzene rings is 1. The number of carbonyl (C=O) groups excluding carboxylic acids is 2. The van der Waals surface area contributed by atoms with Gasteiger partial charge in [0.1, 0.15) is 5.54 Å². The molecule has 7 nitrogen and oxygen atoms in total. The van der Waals surface area contributed by atoms with E-state index in [1.165, 1.54) is 45.2 Å². The van der Waals surface area contributed by atoms with Crippen LogP contribution in [0.15, 0.2) is 29.2 Å². The number of nitrogens with one attached hydrogen (secondary N) is 2. The van der Waals surface area contributed by atoms with Crippen molar-refractivity contribution in [1.29, 1.82) is 0 Å². The first-order chi connectivity index (χ1) is 10.6. The van der Waals surface area contributed by atoms with Gasteiger partial charge in [0, 0.05) is 12.6 Å². The summed E-state index contributed by atoms with van der Waals surface area (Å²) in [5.41, 5.74) is -0.848. The maximum absolute atomic E-state index is 12.5. The molecule has 23 heavy (non-hydrogen) atoms. The fraction of sp³-hybridized carbons (Fsp3) is 0.467. The molecule has 1 amide bonds. The van der Waals surface area contributed by atoms with Crippen LogP contribution in [0.25, 0.3) is 0 Å². The molecule has 0 aliphatic heterocycles. The van der Waals surface area contributed by atoms with Crippen molar-refractivity contribution in [2.75, 3.05) is 12.4 Å². The molecule has 0 saturated carbocycles. The molecule has 1 aromatic rings. The molecule has 2 N–H and O–H groups in total. The fourth-order valence-corrected chi connectivity index (χ4v) is 3.59. The lowest BCUT2D eigenvalue weighted by Crippen LogP contribution is -2.52. The van der Waals surface area contributed by atoms with E-state index in [4.69, 9.17) is 4.74 Å². The number of ether oxygens (including phenoxy) is 1. The maximum Gasteiger partial charge on any atom is 0.326 e. The Morgan fingerprint density at radius 2 is 1.78 bits per heavy atom. The number of methoxy groups -OCH3 is 1. The lowest BCUT2D eigenvalue weighted by atomic mass is 9.98. The van der Waals surface area contributed by atoms with E-state index in [1.807, 2.05) is 6.92 Å². The largest absolute Gasteiger partial charge is 0.468 e. The number of carbonyl (C=O) groups is 2. The van der Waals surface area contributed by atoms with Gasteiger partial charge >= 0.3 is 5.97 Å². The summed E-state index contributed by atoms with van der Waals surface area (Å²) in [6.07, 6.45) is 0.915. The predicted octanol–water partition coefficient (Wildman–Crippen LogP) is 1.66. The Morgan fingerprint density at radius 1 is 1.22 bits per heavy atom. The number of amides is 1. The Labute approximate surface area is 136 Å². The van der Waals surface area contributed by atoms with Crippen LogP contribution >= 0.6 is 0 Å². The van der Waals surface area contributed by atoms with Crippen molar-refractivity contribution in [3.8, 4) is 0 Å². The summed E-state index contributed by atoms with van der Waals surface area (Å²) in [6, 6.07) is 5.67. The average molecular weight is 342 g/mol.